The van der Waals surface area contributed by atoms with E-state index in [-0.39, 0.29) is 0 Å². The highest BCUT2D eigenvalue weighted by Crippen LogP contribution is 2.27. The lowest BCUT2D eigenvalue weighted by Gasteiger charge is -2.07. The first-order chi connectivity index (χ1) is 9.71. The van der Waals surface area contributed by atoms with Crippen LogP contribution in [0, 0.1) is 0 Å². The van der Waals surface area contributed by atoms with Gasteiger partial charge in [-0.15, -0.1) is 22.9 Å². The zero-order valence-corrected chi connectivity index (χ0v) is 13.1. The van der Waals surface area contributed by atoms with Gasteiger partial charge in [0.05, 0.1) is 34.9 Å². The molecule has 20 heavy (non-hydrogen) atoms. The summed E-state index contributed by atoms with van der Waals surface area (Å²) in [7, 11) is 1.66. The largest absolute Gasteiger partial charge is 0.497 e. The van der Waals surface area contributed by atoms with Gasteiger partial charge in [-0.3, -0.25) is 0 Å². The van der Waals surface area contributed by atoms with E-state index in [1.807, 2.05) is 30.3 Å². The molecule has 1 aromatic carbocycles. The Morgan fingerprint density at radius 2 is 2.15 bits per heavy atom. The summed E-state index contributed by atoms with van der Waals surface area (Å²) in [4.78, 5) is 5.73. The molecule has 2 heterocycles. The molecule has 0 spiro atoms. The second-order valence-corrected chi connectivity index (χ2v) is 6.38. The number of thiophene rings is 1. The zero-order valence-electron chi connectivity index (χ0n) is 10.8. The first-order valence-corrected chi connectivity index (χ1v) is 7.77. The van der Waals surface area contributed by atoms with Crippen LogP contribution in [0.3, 0.4) is 0 Å². The molecule has 0 radical (unpaired) electrons. The van der Waals surface area contributed by atoms with Crippen molar-refractivity contribution in [2.24, 2.45) is 0 Å². The summed E-state index contributed by atoms with van der Waals surface area (Å²) < 4.78 is 8.17. The van der Waals surface area contributed by atoms with Crippen molar-refractivity contribution in [3.63, 3.8) is 0 Å². The third-order valence-corrected chi connectivity index (χ3v) is 4.55. The summed E-state index contributed by atoms with van der Waals surface area (Å²) in [6.45, 7) is 0.711. The fraction of sp³-hybridized carbons (Fsp3) is 0.214. The lowest BCUT2D eigenvalue weighted by molar-refractivity contribution is 0.415. The molecule has 0 amide bonds. The predicted molar refractivity (Wildman–Crippen MR) is 84.3 cm³/mol. The zero-order chi connectivity index (χ0) is 14.1. The van der Waals surface area contributed by atoms with E-state index >= 15 is 0 Å². The predicted octanol–water partition coefficient (Wildman–Crippen LogP) is 4.55. The van der Waals surface area contributed by atoms with E-state index in [9.17, 15) is 0 Å². The number of aromatic nitrogens is 2. The molecule has 0 saturated carbocycles. The molecule has 0 fully saturated rings. The number of rotatable bonds is 4. The molecule has 0 bridgehead atoms. The van der Waals surface area contributed by atoms with Crippen LogP contribution in [0.25, 0.3) is 11.0 Å². The topological polar surface area (TPSA) is 27.1 Å². The summed E-state index contributed by atoms with van der Waals surface area (Å²) in [6.07, 6.45) is 0. The summed E-state index contributed by atoms with van der Waals surface area (Å²) in [5, 5.41) is 0. The van der Waals surface area contributed by atoms with Gasteiger partial charge in [0, 0.05) is 10.9 Å². The van der Waals surface area contributed by atoms with Crippen LogP contribution in [0.5, 0.6) is 5.75 Å². The molecule has 0 aliphatic rings. The average molecular weight is 327 g/mol. The molecule has 104 valence electrons. The summed E-state index contributed by atoms with van der Waals surface area (Å²) >= 11 is 13.6. The molecule has 3 aromatic rings. The van der Waals surface area contributed by atoms with Crippen LogP contribution in [0.4, 0.5) is 0 Å². The molecule has 0 unspecified atom stereocenters. The molecular formula is C14H12Cl2N2OS. The van der Waals surface area contributed by atoms with Gasteiger partial charge in [-0.2, -0.15) is 0 Å². The number of alkyl halides is 1. The monoisotopic (exact) mass is 326 g/mol. The Hall–Kier alpha value is -1.23. The number of ether oxygens (including phenoxy) is 1. The quantitative estimate of drug-likeness (QED) is 0.658. The van der Waals surface area contributed by atoms with Gasteiger partial charge in [-0.25, -0.2) is 4.98 Å². The number of hydrogen-bond donors (Lipinski definition) is 0. The maximum Gasteiger partial charge on any atom is 0.125 e. The maximum absolute atomic E-state index is 6.01. The lowest BCUT2D eigenvalue weighted by atomic mass is 10.3. The molecule has 3 nitrogen and oxygen atoms in total. The van der Waals surface area contributed by atoms with Gasteiger partial charge in [0.1, 0.15) is 11.6 Å². The molecule has 3 rings (SSSR count). The second kappa shape index (κ2) is 5.64. The lowest BCUT2D eigenvalue weighted by Crippen LogP contribution is -2.02. The number of fused-ring (bicyclic) bond motifs is 1. The van der Waals surface area contributed by atoms with Gasteiger partial charge in [0.25, 0.3) is 0 Å². The Balaban J connectivity index is 2.10. The normalized spacial score (nSPS) is 11.2. The summed E-state index contributed by atoms with van der Waals surface area (Å²) in [5.74, 6) is 2.03. The molecule has 6 heteroatoms. The number of halogens is 2. The summed E-state index contributed by atoms with van der Waals surface area (Å²) in [6, 6.07) is 9.76. The molecule has 2 aromatic heterocycles. The molecule has 0 atom stereocenters. The van der Waals surface area contributed by atoms with E-state index in [1.54, 1.807) is 18.4 Å². The van der Waals surface area contributed by atoms with Crippen LogP contribution in [0.2, 0.25) is 4.34 Å². The van der Waals surface area contributed by atoms with Crippen LogP contribution >= 0.6 is 34.5 Å². The van der Waals surface area contributed by atoms with Crippen molar-refractivity contribution in [3.8, 4) is 5.75 Å². The van der Waals surface area contributed by atoms with Crippen molar-refractivity contribution in [1.29, 1.82) is 0 Å². The van der Waals surface area contributed by atoms with E-state index in [4.69, 9.17) is 27.9 Å². The van der Waals surface area contributed by atoms with Crippen molar-refractivity contribution >= 4 is 45.6 Å². The number of imidazole rings is 1. The van der Waals surface area contributed by atoms with Crippen molar-refractivity contribution in [2.75, 3.05) is 7.11 Å². The molecule has 0 saturated heterocycles. The van der Waals surface area contributed by atoms with Gasteiger partial charge in [0.15, 0.2) is 0 Å². The first-order valence-electron chi connectivity index (χ1n) is 6.04. The van der Waals surface area contributed by atoms with E-state index in [0.717, 1.165) is 26.9 Å². The Labute approximate surface area is 130 Å². The SMILES string of the molecule is COc1ccc2nc(CCl)n(Cc3ccc(Cl)s3)c2c1. The Morgan fingerprint density at radius 3 is 2.80 bits per heavy atom. The highest BCUT2D eigenvalue weighted by Gasteiger charge is 2.12. The third kappa shape index (κ3) is 2.51. The second-order valence-electron chi connectivity index (χ2n) is 4.31. The highest BCUT2D eigenvalue weighted by molar-refractivity contribution is 7.16. The number of methoxy groups -OCH3 is 1. The van der Waals surface area contributed by atoms with Crippen molar-refractivity contribution in [1.82, 2.24) is 9.55 Å². The van der Waals surface area contributed by atoms with Crippen molar-refractivity contribution in [2.45, 2.75) is 12.4 Å². The third-order valence-electron chi connectivity index (χ3n) is 3.10. The van der Waals surface area contributed by atoms with Crippen LogP contribution in [0.15, 0.2) is 30.3 Å². The number of nitrogens with zero attached hydrogens (tertiary/aromatic N) is 2. The number of hydrogen-bond acceptors (Lipinski definition) is 3. The molecular weight excluding hydrogens is 315 g/mol. The fourth-order valence-electron chi connectivity index (χ4n) is 2.15. The van der Waals surface area contributed by atoms with Gasteiger partial charge in [0.2, 0.25) is 0 Å². The van der Waals surface area contributed by atoms with Crippen LogP contribution in [0.1, 0.15) is 10.7 Å². The van der Waals surface area contributed by atoms with Gasteiger partial charge in [-0.1, -0.05) is 11.6 Å². The Morgan fingerprint density at radius 1 is 1.30 bits per heavy atom. The van der Waals surface area contributed by atoms with Crippen molar-refractivity contribution in [3.05, 3.63) is 45.4 Å². The smallest absolute Gasteiger partial charge is 0.125 e. The Bertz CT molecular complexity index is 751. The Kier molecular flexibility index (Phi) is 3.87. The fourth-order valence-corrected chi connectivity index (χ4v) is 3.43. The molecule has 0 aliphatic carbocycles. The first kappa shape index (κ1) is 13.7. The minimum Gasteiger partial charge on any atom is -0.497 e. The number of benzene rings is 1. The van der Waals surface area contributed by atoms with Gasteiger partial charge >= 0.3 is 0 Å². The van der Waals surface area contributed by atoms with E-state index in [0.29, 0.717) is 12.4 Å². The van der Waals surface area contributed by atoms with E-state index in [2.05, 4.69) is 9.55 Å². The van der Waals surface area contributed by atoms with Crippen LogP contribution < -0.4 is 4.74 Å². The molecule has 0 N–H and O–H groups in total. The van der Waals surface area contributed by atoms with Crippen molar-refractivity contribution < 1.29 is 4.74 Å². The van der Waals surface area contributed by atoms with E-state index < -0.39 is 0 Å². The minimum atomic E-state index is 0.371. The van der Waals surface area contributed by atoms with Crippen LogP contribution in [-0.2, 0) is 12.4 Å². The van der Waals surface area contributed by atoms with E-state index in [1.165, 1.54) is 4.88 Å². The highest BCUT2D eigenvalue weighted by atomic mass is 35.5. The standard InChI is InChI=1S/C14H12Cl2N2OS/c1-19-9-2-4-11-12(6-9)18(14(7-15)17-11)8-10-3-5-13(16)20-10/h2-6H,7-8H2,1H3. The minimum absolute atomic E-state index is 0.371. The summed E-state index contributed by atoms with van der Waals surface area (Å²) in [5.41, 5.74) is 1.94. The average Bonchev–Trinajstić information content (AvgIpc) is 3.03. The maximum atomic E-state index is 6.01. The van der Waals surface area contributed by atoms with Gasteiger partial charge in [-0.05, 0) is 24.3 Å². The molecule has 0 aliphatic heterocycles. The van der Waals surface area contributed by atoms with Gasteiger partial charge < -0.3 is 9.30 Å². The van der Waals surface area contributed by atoms with Crippen LogP contribution in [-0.4, -0.2) is 16.7 Å².